The van der Waals surface area contributed by atoms with Gasteiger partial charge in [-0.2, -0.15) is 0 Å². The zero-order chi connectivity index (χ0) is 12.3. The summed E-state index contributed by atoms with van der Waals surface area (Å²) in [5, 5.41) is 9.02. The molecule has 0 atom stereocenters. The third-order valence-corrected chi connectivity index (χ3v) is 4.43. The van der Waals surface area contributed by atoms with Gasteiger partial charge in [-0.05, 0) is 38.5 Å². The van der Waals surface area contributed by atoms with Crippen LogP contribution in [0.3, 0.4) is 0 Å². The summed E-state index contributed by atoms with van der Waals surface area (Å²) in [5.41, 5.74) is 0.480. The molecule has 1 aromatic carbocycles. The number of hydrogen-bond acceptors (Lipinski definition) is 2. The maximum Gasteiger partial charge on any atom is 0.309 e. The van der Waals surface area contributed by atoms with Crippen LogP contribution in [0.25, 0.3) is 0 Å². The second-order valence-corrected chi connectivity index (χ2v) is 6.32. The molecule has 16 heavy (non-hydrogen) atoms. The lowest BCUT2D eigenvalue weighted by molar-refractivity contribution is -0.145. The van der Waals surface area contributed by atoms with Crippen LogP contribution in [0.5, 0.6) is 0 Å². The summed E-state index contributed by atoms with van der Waals surface area (Å²) in [4.78, 5) is 12.1. The summed E-state index contributed by atoms with van der Waals surface area (Å²) in [5.74, 6) is -0.188. The van der Waals surface area contributed by atoms with E-state index in [1.165, 1.54) is 5.56 Å². The van der Waals surface area contributed by atoms with Crippen LogP contribution < -0.4 is 0 Å². The Bertz CT molecular complexity index is 402. The number of rotatable bonds is 4. The van der Waals surface area contributed by atoms with E-state index < -0.39 is 11.4 Å². The monoisotopic (exact) mass is 302 g/mol. The van der Waals surface area contributed by atoms with Gasteiger partial charge >= 0.3 is 5.97 Å². The SMILES string of the molecule is Cc1ccc(Br)cc1SCC(C)(C)C(=O)O. The number of carboxylic acids is 1. The van der Waals surface area contributed by atoms with E-state index in [1.807, 2.05) is 25.1 Å². The van der Waals surface area contributed by atoms with Gasteiger partial charge in [-0.25, -0.2) is 0 Å². The fourth-order valence-electron chi connectivity index (χ4n) is 1.05. The third kappa shape index (κ3) is 3.52. The minimum absolute atomic E-state index is 0.569. The van der Waals surface area contributed by atoms with Crippen molar-refractivity contribution in [2.45, 2.75) is 25.7 Å². The quantitative estimate of drug-likeness (QED) is 0.855. The molecule has 1 N–H and O–H groups in total. The van der Waals surface area contributed by atoms with Crippen molar-refractivity contribution in [3.63, 3.8) is 0 Å². The minimum Gasteiger partial charge on any atom is -0.481 e. The van der Waals surface area contributed by atoms with Gasteiger partial charge in [-0.3, -0.25) is 4.79 Å². The van der Waals surface area contributed by atoms with Crippen molar-refractivity contribution in [1.82, 2.24) is 0 Å². The lowest BCUT2D eigenvalue weighted by atomic mass is 9.97. The van der Waals surface area contributed by atoms with Crippen LogP contribution in [0.4, 0.5) is 0 Å². The Kier molecular flexibility index (Phi) is 4.44. The van der Waals surface area contributed by atoms with Crippen molar-refractivity contribution < 1.29 is 9.90 Å². The summed E-state index contributed by atoms with van der Waals surface area (Å²) >= 11 is 5.00. The van der Waals surface area contributed by atoms with Gasteiger partial charge in [-0.15, -0.1) is 11.8 Å². The Hall–Kier alpha value is -0.480. The Labute approximate surface area is 109 Å². The molecule has 0 aliphatic heterocycles. The van der Waals surface area contributed by atoms with E-state index in [-0.39, 0.29) is 0 Å². The largest absolute Gasteiger partial charge is 0.481 e. The van der Waals surface area contributed by atoms with E-state index in [0.717, 1.165) is 9.37 Å². The van der Waals surface area contributed by atoms with E-state index in [9.17, 15) is 4.79 Å². The summed E-state index contributed by atoms with van der Waals surface area (Å²) in [7, 11) is 0. The van der Waals surface area contributed by atoms with Crippen LogP contribution in [0.1, 0.15) is 19.4 Å². The topological polar surface area (TPSA) is 37.3 Å². The molecule has 0 unspecified atom stereocenters. The van der Waals surface area contributed by atoms with Gasteiger partial charge in [0.1, 0.15) is 0 Å². The summed E-state index contributed by atoms with van der Waals surface area (Å²) in [6.07, 6.45) is 0. The fourth-order valence-corrected chi connectivity index (χ4v) is 2.71. The minimum atomic E-state index is -0.757. The van der Waals surface area contributed by atoms with Gasteiger partial charge in [0.15, 0.2) is 0 Å². The van der Waals surface area contributed by atoms with Crippen LogP contribution in [0.2, 0.25) is 0 Å². The first kappa shape index (κ1) is 13.6. The second-order valence-electron chi connectivity index (χ2n) is 4.39. The van der Waals surface area contributed by atoms with Crippen molar-refractivity contribution in [2.75, 3.05) is 5.75 Å². The number of aliphatic carboxylic acids is 1. The van der Waals surface area contributed by atoms with E-state index in [4.69, 9.17) is 5.11 Å². The zero-order valence-electron chi connectivity index (χ0n) is 9.58. The van der Waals surface area contributed by atoms with Crippen molar-refractivity contribution in [3.8, 4) is 0 Å². The van der Waals surface area contributed by atoms with Crippen molar-refractivity contribution in [3.05, 3.63) is 28.2 Å². The lowest BCUT2D eigenvalue weighted by Crippen LogP contribution is -2.26. The highest BCUT2D eigenvalue weighted by atomic mass is 79.9. The van der Waals surface area contributed by atoms with Crippen molar-refractivity contribution >= 4 is 33.7 Å². The van der Waals surface area contributed by atoms with Crippen LogP contribution in [-0.4, -0.2) is 16.8 Å². The molecule has 0 aliphatic rings. The molecule has 0 spiro atoms. The number of carbonyl (C=O) groups is 1. The molecule has 0 saturated carbocycles. The van der Waals surface area contributed by atoms with E-state index >= 15 is 0 Å². The Morgan fingerprint density at radius 1 is 1.50 bits per heavy atom. The first-order valence-corrected chi connectivity index (χ1v) is 6.73. The Balaban J connectivity index is 2.75. The van der Waals surface area contributed by atoms with E-state index in [1.54, 1.807) is 25.6 Å². The predicted molar refractivity (Wildman–Crippen MR) is 71.0 cm³/mol. The van der Waals surface area contributed by atoms with Gasteiger partial charge in [0, 0.05) is 15.1 Å². The summed E-state index contributed by atoms with van der Waals surface area (Å²) in [6.45, 7) is 5.52. The highest BCUT2D eigenvalue weighted by Crippen LogP contribution is 2.31. The molecule has 0 heterocycles. The molecule has 0 aromatic heterocycles. The molecule has 1 rings (SSSR count). The van der Waals surface area contributed by atoms with Crippen LogP contribution in [-0.2, 0) is 4.79 Å². The van der Waals surface area contributed by atoms with Gasteiger partial charge in [-0.1, -0.05) is 22.0 Å². The maximum atomic E-state index is 11.0. The maximum absolute atomic E-state index is 11.0. The standard InChI is InChI=1S/C12H15BrO2S/c1-8-4-5-9(13)6-10(8)16-7-12(2,3)11(14)15/h4-6H,7H2,1-3H3,(H,14,15). The van der Waals surface area contributed by atoms with Gasteiger partial charge in [0.2, 0.25) is 0 Å². The normalized spacial score (nSPS) is 11.5. The molecule has 88 valence electrons. The molecule has 0 aliphatic carbocycles. The molecule has 0 radical (unpaired) electrons. The molecular formula is C12H15BrO2S. The molecule has 0 fully saturated rings. The predicted octanol–water partition coefficient (Wildman–Crippen LogP) is 3.96. The average molecular weight is 303 g/mol. The zero-order valence-corrected chi connectivity index (χ0v) is 12.0. The average Bonchev–Trinajstić information content (AvgIpc) is 2.19. The van der Waals surface area contributed by atoms with E-state index in [0.29, 0.717) is 5.75 Å². The second kappa shape index (κ2) is 5.23. The number of thioether (sulfide) groups is 1. The highest BCUT2D eigenvalue weighted by Gasteiger charge is 2.27. The molecule has 1 aromatic rings. The molecular weight excluding hydrogens is 288 g/mol. The van der Waals surface area contributed by atoms with Gasteiger partial charge in [0.05, 0.1) is 5.41 Å². The van der Waals surface area contributed by atoms with Crippen LogP contribution in [0.15, 0.2) is 27.6 Å². The van der Waals surface area contributed by atoms with Gasteiger partial charge < -0.3 is 5.11 Å². The lowest BCUT2D eigenvalue weighted by Gasteiger charge is -2.18. The smallest absolute Gasteiger partial charge is 0.309 e. The molecule has 0 amide bonds. The number of carboxylic acid groups (broad SMARTS) is 1. The molecule has 4 heteroatoms. The number of benzene rings is 1. The fraction of sp³-hybridized carbons (Fsp3) is 0.417. The number of aryl methyl sites for hydroxylation is 1. The highest BCUT2D eigenvalue weighted by molar-refractivity contribution is 9.10. The summed E-state index contributed by atoms with van der Waals surface area (Å²) in [6, 6.07) is 6.04. The Morgan fingerprint density at radius 3 is 2.69 bits per heavy atom. The first-order chi connectivity index (χ1) is 7.33. The van der Waals surface area contributed by atoms with Crippen molar-refractivity contribution in [2.24, 2.45) is 5.41 Å². The van der Waals surface area contributed by atoms with E-state index in [2.05, 4.69) is 15.9 Å². The Morgan fingerprint density at radius 2 is 2.12 bits per heavy atom. The molecule has 2 nitrogen and oxygen atoms in total. The third-order valence-electron chi connectivity index (χ3n) is 2.32. The molecule has 0 saturated heterocycles. The number of halogens is 1. The van der Waals surface area contributed by atoms with Crippen LogP contribution >= 0.6 is 27.7 Å². The van der Waals surface area contributed by atoms with Crippen LogP contribution in [0, 0.1) is 12.3 Å². The first-order valence-electron chi connectivity index (χ1n) is 4.95. The molecule has 0 bridgehead atoms. The van der Waals surface area contributed by atoms with Gasteiger partial charge in [0.25, 0.3) is 0 Å². The van der Waals surface area contributed by atoms with Crippen molar-refractivity contribution in [1.29, 1.82) is 0 Å². The summed E-state index contributed by atoms with van der Waals surface area (Å²) < 4.78 is 1.02. The number of hydrogen-bond donors (Lipinski definition) is 1.